The number of thiazole rings is 1. The zero-order valence-electron chi connectivity index (χ0n) is 16.6. The van der Waals surface area contributed by atoms with Crippen LogP contribution in [-0.4, -0.2) is 57.6 Å². The minimum Gasteiger partial charge on any atom is -0.342 e. The van der Waals surface area contributed by atoms with Gasteiger partial charge >= 0.3 is 0 Å². The topological polar surface area (TPSA) is 62.7 Å². The Bertz CT molecular complexity index is 916. The van der Waals surface area contributed by atoms with Crippen molar-refractivity contribution in [3.05, 3.63) is 52.5 Å². The lowest BCUT2D eigenvalue weighted by atomic mass is 9.89. The highest BCUT2D eigenvalue weighted by Gasteiger charge is 2.58. The fraction of sp³-hybridized carbons (Fsp3) is 0.476. The molecule has 4 rings (SSSR count). The van der Waals surface area contributed by atoms with Gasteiger partial charge in [-0.2, -0.15) is 0 Å². The Morgan fingerprint density at radius 2 is 2.07 bits per heavy atom. The third-order valence-electron chi connectivity index (χ3n) is 5.92. The Morgan fingerprint density at radius 3 is 2.70 bits per heavy atom. The van der Waals surface area contributed by atoms with Gasteiger partial charge in [0.15, 0.2) is 5.60 Å². The number of fused-ring (bicyclic) bond motifs is 1. The summed E-state index contributed by atoms with van der Waals surface area (Å²) in [5.41, 5.74) is 1.49. The van der Waals surface area contributed by atoms with Crippen LogP contribution in [-0.2, 0) is 9.53 Å². The minimum absolute atomic E-state index is 0.136. The van der Waals surface area contributed by atoms with Crippen molar-refractivity contribution in [1.29, 1.82) is 0 Å². The molecule has 0 saturated carbocycles. The number of nitrogens with zero attached hydrogens (tertiary/aromatic N) is 3. The van der Waals surface area contributed by atoms with E-state index in [9.17, 15) is 18.4 Å². The highest BCUT2D eigenvalue weighted by molar-refractivity contribution is 7.07. The Kier molecular flexibility index (Phi) is 5.59. The number of hydrogen-bond acceptors (Lipinski definition) is 5. The number of piperidine rings is 1. The number of carbonyl (C=O) groups is 2. The maximum atomic E-state index is 13.9. The first-order valence-corrected chi connectivity index (χ1v) is 10.8. The van der Waals surface area contributed by atoms with Crippen LogP contribution in [0, 0.1) is 0 Å². The average molecular weight is 435 g/mol. The van der Waals surface area contributed by atoms with E-state index >= 15 is 0 Å². The zero-order chi connectivity index (χ0) is 21.5. The summed E-state index contributed by atoms with van der Waals surface area (Å²) >= 11 is 1.36. The van der Waals surface area contributed by atoms with Gasteiger partial charge in [-0.25, -0.2) is 13.8 Å². The maximum Gasteiger partial charge on any atom is 0.273 e. The number of halogens is 2. The standard InChI is InChI=1S/C21H23F2N3O3S/c1-13(9-15(23)10-14(2)22)17-3-4-18-26(17)20(28)21(29-18)5-7-25(8-6-21)19(27)16-11-30-12-24-16/h9-12,17-18H,1,3-8H2,2H3/b14-10+,15-9+/t17-,18+/m0/s1. The second-order valence-corrected chi connectivity index (χ2v) is 8.59. The van der Waals surface area contributed by atoms with Crippen LogP contribution in [0.25, 0.3) is 0 Å². The van der Waals surface area contributed by atoms with Crippen LogP contribution >= 0.6 is 11.3 Å². The van der Waals surface area contributed by atoms with E-state index in [0.29, 0.717) is 50.0 Å². The molecule has 9 heteroatoms. The number of ether oxygens (including phenoxy) is 1. The lowest BCUT2D eigenvalue weighted by Crippen LogP contribution is -2.52. The lowest BCUT2D eigenvalue weighted by Gasteiger charge is -2.37. The van der Waals surface area contributed by atoms with Gasteiger partial charge in [-0.3, -0.25) is 9.59 Å². The summed E-state index contributed by atoms with van der Waals surface area (Å²) in [5.74, 6) is -1.65. The van der Waals surface area contributed by atoms with Crippen molar-refractivity contribution in [2.75, 3.05) is 13.1 Å². The first-order chi connectivity index (χ1) is 14.3. The fourth-order valence-electron chi connectivity index (χ4n) is 4.47. The van der Waals surface area contributed by atoms with Crippen molar-refractivity contribution in [3.63, 3.8) is 0 Å². The van der Waals surface area contributed by atoms with Crippen LogP contribution in [0.3, 0.4) is 0 Å². The van der Waals surface area contributed by atoms with Gasteiger partial charge in [-0.05, 0) is 31.4 Å². The summed E-state index contributed by atoms with van der Waals surface area (Å²) < 4.78 is 33.0. The van der Waals surface area contributed by atoms with Crippen molar-refractivity contribution >= 4 is 23.2 Å². The number of allylic oxidation sites excluding steroid dienone is 3. The summed E-state index contributed by atoms with van der Waals surface area (Å²) in [7, 11) is 0. The molecule has 2 amide bonds. The molecule has 0 aromatic carbocycles. The molecular formula is C21H23F2N3O3S. The molecule has 3 aliphatic rings. The third kappa shape index (κ3) is 3.72. The van der Waals surface area contributed by atoms with Gasteiger partial charge in [0.05, 0.1) is 17.4 Å². The third-order valence-corrected chi connectivity index (χ3v) is 6.50. The molecule has 30 heavy (non-hydrogen) atoms. The molecule has 1 aromatic heterocycles. The summed E-state index contributed by atoms with van der Waals surface area (Å²) in [6, 6.07) is -0.379. The number of carbonyl (C=O) groups excluding carboxylic acids is 2. The largest absolute Gasteiger partial charge is 0.342 e. The molecular weight excluding hydrogens is 412 g/mol. The molecule has 0 bridgehead atoms. The predicted octanol–water partition coefficient (Wildman–Crippen LogP) is 3.75. The first-order valence-electron chi connectivity index (χ1n) is 9.88. The van der Waals surface area contributed by atoms with Gasteiger partial charge < -0.3 is 14.5 Å². The Balaban J connectivity index is 1.44. The highest BCUT2D eigenvalue weighted by Crippen LogP contribution is 2.44. The molecule has 160 valence electrons. The second-order valence-electron chi connectivity index (χ2n) is 7.87. The molecule has 3 fully saturated rings. The number of aromatic nitrogens is 1. The van der Waals surface area contributed by atoms with E-state index in [1.165, 1.54) is 17.4 Å². The molecule has 2 atom stereocenters. The lowest BCUT2D eigenvalue weighted by molar-refractivity contribution is -0.142. The Labute approximate surface area is 177 Å². The monoisotopic (exact) mass is 435 g/mol. The summed E-state index contributed by atoms with van der Waals surface area (Å²) in [4.78, 5) is 33.2. The summed E-state index contributed by atoms with van der Waals surface area (Å²) in [6.07, 6.45) is 3.63. The smallest absolute Gasteiger partial charge is 0.273 e. The Morgan fingerprint density at radius 1 is 1.33 bits per heavy atom. The van der Waals surface area contributed by atoms with E-state index < -0.39 is 17.3 Å². The average Bonchev–Trinajstić information content (AvgIpc) is 3.41. The molecule has 0 unspecified atom stereocenters. The SMILES string of the molecule is C=C(/C=C(F)\C=C(/C)F)[C@@H]1CC[C@H]2OC3(CCN(C(=O)c4cscn4)CC3)C(=O)N21. The molecule has 3 saturated heterocycles. The maximum absolute atomic E-state index is 13.9. The van der Waals surface area contributed by atoms with E-state index in [4.69, 9.17) is 4.74 Å². The van der Waals surface area contributed by atoms with Gasteiger partial charge in [-0.1, -0.05) is 6.58 Å². The molecule has 1 aromatic rings. The number of hydrogen-bond donors (Lipinski definition) is 0. The van der Waals surface area contributed by atoms with E-state index in [2.05, 4.69) is 11.6 Å². The molecule has 0 radical (unpaired) electrons. The second kappa shape index (κ2) is 8.03. The van der Waals surface area contributed by atoms with Crippen LogP contribution in [0.2, 0.25) is 0 Å². The van der Waals surface area contributed by atoms with Crippen molar-refractivity contribution in [2.45, 2.75) is 50.5 Å². The molecule has 0 aliphatic carbocycles. The van der Waals surface area contributed by atoms with E-state index in [-0.39, 0.29) is 24.1 Å². The summed E-state index contributed by atoms with van der Waals surface area (Å²) in [5, 5.41) is 1.71. The number of likely N-dealkylation sites (tertiary alicyclic amines) is 1. The van der Waals surface area contributed by atoms with Crippen LogP contribution in [0.15, 0.2) is 46.8 Å². The number of amides is 2. The zero-order valence-corrected chi connectivity index (χ0v) is 17.5. The van der Waals surface area contributed by atoms with Gasteiger partial charge in [0.2, 0.25) is 0 Å². The molecule has 4 heterocycles. The minimum atomic E-state index is -0.958. The van der Waals surface area contributed by atoms with Gasteiger partial charge in [0, 0.05) is 37.4 Å². The van der Waals surface area contributed by atoms with Gasteiger partial charge in [0.1, 0.15) is 17.7 Å². The van der Waals surface area contributed by atoms with Gasteiger partial charge in [0.25, 0.3) is 11.8 Å². The van der Waals surface area contributed by atoms with Gasteiger partial charge in [-0.15, -0.1) is 11.3 Å². The van der Waals surface area contributed by atoms with Crippen LogP contribution < -0.4 is 0 Å². The van der Waals surface area contributed by atoms with Crippen molar-refractivity contribution in [3.8, 4) is 0 Å². The molecule has 1 spiro atoms. The normalized spacial score (nSPS) is 26.4. The van der Waals surface area contributed by atoms with E-state index in [1.54, 1.807) is 20.7 Å². The predicted molar refractivity (Wildman–Crippen MR) is 108 cm³/mol. The number of rotatable bonds is 4. The van der Waals surface area contributed by atoms with Crippen LogP contribution in [0.5, 0.6) is 0 Å². The fourth-order valence-corrected chi connectivity index (χ4v) is 4.99. The molecule has 6 nitrogen and oxygen atoms in total. The van der Waals surface area contributed by atoms with Crippen molar-refractivity contribution in [2.24, 2.45) is 0 Å². The molecule has 3 aliphatic heterocycles. The Hall–Kier alpha value is -2.39. The first kappa shape index (κ1) is 20.9. The molecule has 0 N–H and O–H groups in total. The van der Waals surface area contributed by atoms with E-state index in [1.807, 2.05) is 0 Å². The highest BCUT2D eigenvalue weighted by atomic mass is 32.1. The van der Waals surface area contributed by atoms with Crippen LogP contribution in [0.1, 0.15) is 43.1 Å². The van der Waals surface area contributed by atoms with Crippen molar-refractivity contribution < 1.29 is 23.1 Å². The van der Waals surface area contributed by atoms with Crippen molar-refractivity contribution in [1.82, 2.24) is 14.8 Å². The summed E-state index contributed by atoms with van der Waals surface area (Å²) in [6.45, 7) is 5.87. The van der Waals surface area contributed by atoms with E-state index in [0.717, 1.165) is 13.0 Å². The van der Waals surface area contributed by atoms with Crippen LogP contribution in [0.4, 0.5) is 8.78 Å². The quantitative estimate of drug-likeness (QED) is 0.676.